The van der Waals surface area contributed by atoms with Gasteiger partial charge in [-0.05, 0) is 18.8 Å². The van der Waals surface area contributed by atoms with Gasteiger partial charge in [0.15, 0.2) is 11.5 Å². The van der Waals surface area contributed by atoms with E-state index in [4.69, 9.17) is 5.73 Å². The van der Waals surface area contributed by atoms with Crippen LogP contribution in [0.1, 0.15) is 32.1 Å². The molecule has 1 fully saturated rings. The Balaban J connectivity index is 1.73. The highest BCUT2D eigenvalue weighted by Gasteiger charge is 2.11. The number of imidazole rings is 1. The molecular weight excluding hydrogens is 252 g/mol. The molecule has 2 aromatic rings. The van der Waals surface area contributed by atoms with Crippen LogP contribution < -0.4 is 11.2 Å². The predicted molar refractivity (Wildman–Crippen MR) is 81.6 cm³/mol. The van der Waals surface area contributed by atoms with Crippen LogP contribution in [0.4, 0.5) is 11.5 Å². The van der Waals surface area contributed by atoms with Crippen LogP contribution in [0.25, 0.3) is 11.2 Å². The topological polar surface area (TPSA) is 81.1 Å². The number of anilines is 2. The number of aromatic nitrogens is 3. The number of nitrogen functional groups attached to an aromatic ring is 1. The number of rotatable bonds is 3. The Hall–Kier alpha value is -2.11. The third kappa shape index (κ3) is 2.59. The summed E-state index contributed by atoms with van der Waals surface area (Å²) in [5, 5.41) is 4.30. The Kier molecular flexibility index (Phi) is 3.54. The Labute approximate surface area is 118 Å². The molecule has 0 aliphatic heterocycles. The maximum absolute atomic E-state index is 5.98. The maximum atomic E-state index is 5.98. The fraction of sp³-hybridized carbons (Fsp3) is 0.500. The molecule has 2 heterocycles. The minimum atomic E-state index is 0.592. The van der Waals surface area contributed by atoms with Crippen molar-refractivity contribution in [2.24, 2.45) is 18.1 Å². The molecule has 20 heavy (non-hydrogen) atoms. The van der Waals surface area contributed by atoms with Gasteiger partial charge in [0.1, 0.15) is 5.52 Å². The summed E-state index contributed by atoms with van der Waals surface area (Å²) in [6.45, 7) is 0. The van der Waals surface area contributed by atoms with Crippen LogP contribution in [-0.4, -0.2) is 20.7 Å². The lowest BCUT2D eigenvalue weighted by Gasteiger charge is -2.16. The van der Waals surface area contributed by atoms with E-state index in [9.17, 15) is 0 Å². The monoisotopic (exact) mass is 272 g/mol. The van der Waals surface area contributed by atoms with E-state index >= 15 is 0 Å². The number of hydrogen-bond acceptors (Lipinski definition) is 5. The Morgan fingerprint density at radius 3 is 3.00 bits per heavy atom. The molecule has 0 aromatic carbocycles. The number of hydrazone groups is 1. The van der Waals surface area contributed by atoms with Gasteiger partial charge in [-0.2, -0.15) is 5.10 Å². The molecule has 0 radical (unpaired) electrons. The van der Waals surface area contributed by atoms with Gasteiger partial charge in [0.2, 0.25) is 0 Å². The van der Waals surface area contributed by atoms with Crippen LogP contribution in [0.2, 0.25) is 0 Å². The van der Waals surface area contributed by atoms with Crippen LogP contribution in [-0.2, 0) is 7.05 Å². The third-order valence-corrected chi connectivity index (χ3v) is 3.81. The summed E-state index contributed by atoms with van der Waals surface area (Å²) in [6, 6.07) is 1.77. The number of pyridine rings is 1. The molecule has 6 nitrogen and oxygen atoms in total. The van der Waals surface area contributed by atoms with Crippen molar-refractivity contribution in [3.05, 3.63) is 12.4 Å². The van der Waals surface area contributed by atoms with Gasteiger partial charge < -0.3 is 10.3 Å². The SMILES string of the molecule is Cn1cnc2c(N)cc(N/N=C/C3CCCCC3)nc21. The summed E-state index contributed by atoms with van der Waals surface area (Å²) in [7, 11) is 1.90. The van der Waals surface area contributed by atoms with Crippen molar-refractivity contribution in [3.63, 3.8) is 0 Å². The molecule has 0 atom stereocenters. The first-order valence-corrected chi connectivity index (χ1v) is 7.11. The highest BCUT2D eigenvalue weighted by atomic mass is 15.3. The minimum Gasteiger partial charge on any atom is -0.397 e. The lowest BCUT2D eigenvalue weighted by Crippen LogP contribution is -2.08. The fourth-order valence-electron chi connectivity index (χ4n) is 2.67. The first kappa shape index (κ1) is 12.9. The van der Waals surface area contributed by atoms with Crippen molar-refractivity contribution >= 4 is 28.9 Å². The molecule has 0 saturated heterocycles. The molecule has 1 aliphatic rings. The van der Waals surface area contributed by atoms with E-state index in [0.717, 1.165) is 11.2 Å². The van der Waals surface area contributed by atoms with Crippen LogP contribution >= 0.6 is 0 Å². The normalized spacial score (nSPS) is 17.1. The lowest BCUT2D eigenvalue weighted by atomic mass is 9.90. The number of hydrogen-bond donors (Lipinski definition) is 2. The van der Waals surface area contributed by atoms with Gasteiger partial charge in [-0.25, -0.2) is 9.97 Å². The molecule has 0 unspecified atom stereocenters. The van der Waals surface area contributed by atoms with Crippen LogP contribution in [0.5, 0.6) is 0 Å². The maximum Gasteiger partial charge on any atom is 0.164 e. The van der Waals surface area contributed by atoms with Crippen molar-refractivity contribution in [1.29, 1.82) is 0 Å². The second kappa shape index (κ2) is 5.48. The average molecular weight is 272 g/mol. The van der Waals surface area contributed by atoms with Gasteiger partial charge in [-0.15, -0.1) is 0 Å². The zero-order valence-corrected chi connectivity index (χ0v) is 11.7. The lowest BCUT2D eigenvalue weighted by molar-refractivity contribution is 0.445. The molecule has 1 aliphatic carbocycles. The van der Waals surface area contributed by atoms with E-state index in [2.05, 4.69) is 20.5 Å². The summed E-state index contributed by atoms with van der Waals surface area (Å²) in [6.07, 6.45) is 10.2. The van der Waals surface area contributed by atoms with Crippen molar-refractivity contribution in [2.75, 3.05) is 11.2 Å². The smallest absolute Gasteiger partial charge is 0.164 e. The summed E-state index contributed by atoms with van der Waals surface area (Å²) in [4.78, 5) is 8.70. The standard InChI is InChI=1S/C14H20N6/c1-20-9-16-13-11(15)7-12(18-14(13)20)19-17-8-10-5-3-2-4-6-10/h7-10H,2-6H2,1H3,(H3,15,18,19)/b17-8+. The Morgan fingerprint density at radius 1 is 1.40 bits per heavy atom. The van der Waals surface area contributed by atoms with E-state index in [0.29, 0.717) is 17.4 Å². The average Bonchev–Trinajstić information content (AvgIpc) is 2.82. The second-order valence-corrected chi connectivity index (χ2v) is 5.41. The van der Waals surface area contributed by atoms with Crippen molar-refractivity contribution in [1.82, 2.24) is 14.5 Å². The van der Waals surface area contributed by atoms with Crippen molar-refractivity contribution in [3.8, 4) is 0 Å². The summed E-state index contributed by atoms with van der Waals surface area (Å²) >= 11 is 0. The zero-order valence-electron chi connectivity index (χ0n) is 11.7. The minimum absolute atomic E-state index is 0.592. The van der Waals surface area contributed by atoms with Gasteiger partial charge >= 0.3 is 0 Å². The molecule has 106 valence electrons. The quantitative estimate of drug-likeness (QED) is 0.664. The summed E-state index contributed by atoms with van der Waals surface area (Å²) in [5.41, 5.74) is 11.1. The highest BCUT2D eigenvalue weighted by Crippen LogP contribution is 2.23. The number of fused-ring (bicyclic) bond motifs is 1. The van der Waals surface area contributed by atoms with Gasteiger partial charge in [0.25, 0.3) is 0 Å². The van der Waals surface area contributed by atoms with Crippen LogP contribution in [0, 0.1) is 5.92 Å². The molecular formula is C14H20N6. The van der Waals surface area contributed by atoms with Crippen LogP contribution in [0.3, 0.4) is 0 Å². The van der Waals surface area contributed by atoms with E-state index < -0.39 is 0 Å². The van der Waals surface area contributed by atoms with Crippen molar-refractivity contribution < 1.29 is 0 Å². The fourth-order valence-corrected chi connectivity index (χ4v) is 2.67. The Morgan fingerprint density at radius 2 is 2.20 bits per heavy atom. The van der Waals surface area contributed by atoms with Crippen LogP contribution in [0.15, 0.2) is 17.5 Å². The number of nitrogens with two attached hydrogens (primary N) is 1. The van der Waals surface area contributed by atoms with E-state index in [1.807, 2.05) is 17.8 Å². The molecule has 0 bridgehead atoms. The van der Waals surface area contributed by atoms with Crippen molar-refractivity contribution in [2.45, 2.75) is 32.1 Å². The second-order valence-electron chi connectivity index (χ2n) is 5.41. The largest absolute Gasteiger partial charge is 0.397 e. The third-order valence-electron chi connectivity index (χ3n) is 3.81. The first-order valence-electron chi connectivity index (χ1n) is 7.11. The number of nitrogens with one attached hydrogen (secondary N) is 1. The van der Waals surface area contributed by atoms with Gasteiger partial charge in [-0.3, -0.25) is 5.43 Å². The number of nitrogens with zero attached hydrogens (tertiary/aromatic N) is 4. The number of aryl methyl sites for hydroxylation is 1. The molecule has 1 saturated carbocycles. The zero-order chi connectivity index (χ0) is 13.9. The van der Waals surface area contributed by atoms with Gasteiger partial charge in [0, 0.05) is 19.3 Å². The van der Waals surface area contributed by atoms with Gasteiger partial charge in [-0.1, -0.05) is 19.3 Å². The summed E-state index contributed by atoms with van der Waals surface area (Å²) in [5.74, 6) is 1.25. The summed E-state index contributed by atoms with van der Waals surface area (Å²) < 4.78 is 1.85. The molecule has 6 heteroatoms. The van der Waals surface area contributed by atoms with E-state index in [1.54, 1.807) is 12.4 Å². The van der Waals surface area contributed by atoms with Gasteiger partial charge in [0.05, 0.1) is 12.0 Å². The molecule has 3 N–H and O–H groups in total. The van der Waals surface area contributed by atoms with E-state index in [1.165, 1.54) is 32.1 Å². The molecule has 0 spiro atoms. The Bertz CT molecular complexity index is 624. The molecule has 2 aromatic heterocycles. The van der Waals surface area contributed by atoms with E-state index in [-0.39, 0.29) is 0 Å². The highest BCUT2D eigenvalue weighted by molar-refractivity contribution is 5.86. The first-order chi connectivity index (χ1) is 9.74. The predicted octanol–water partition coefficient (Wildman–Crippen LogP) is 2.53. The molecule has 0 amide bonds. The molecule has 3 rings (SSSR count).